The van der Waals surface area contributed by atoms with Crippen molar-refractivity contribution in [2.45, 2.75) is 31.9 Å². The molecule has 0 spiro atoms. The van der Waals surface area contributed by atoms with Crippen LogP contribution in [0.15, 0.2) is 0 Å². The van der Waals surface area contributed by atoms with E-state index in [0.717, 1.165) is 0 Å². The molecule has 0 aromatic carbocycles. The minimum absolute atomic E-state index is 0.0132. The summed E-state index contributed by atoms with van der Waals surface area (Å²) in [7, 11) is -4.40. The monoisotopic (exact) mass is 281 g/mol. The van der Waals surface area contributed by atoms with E-state index in [0.29, 0.717) is 18.9 Å². The molecular weight excluding hydrogens is 261 g/mol. The van der Waals surface area contributed by atoms with E-state index in [1.807, 2.05) is 13.8 Å². The molecule has 18 heavy (non-hydrogen) atoms. The summed E-state index contributed by atoms with van der Waals surface area (Å²) in [6, 6.07) is 0. The van der Waals surface area contributed by atoms with Gasteiger partial charge in [0.15, 0.2) is 0 Å². The average molecular weight is 281 g/mol. The Morgan fingerprint density at radius 3 is 2.17 bits per heavy atom. The first-order valence-electron chi connectivity index (χ1n) is 5.66. The third kappa shape index (κ3) is 5.53. The van der Waals surface area contributed by atoms with E-state index < -0.39 is 21.4 Å². The number of aliphatic hydroxyl groups excluding tert-OH is 3. The van der Waals surface area contributed by atoms with Crippen molar-refractivity contribution in [1.29, 1.82) is 0 Å². The zero-order valence-corrected chi connectivity index (χ0v) is 11.4. The molecule has 0 aliphatic rings. The van der Waals surface area contributed by atoms with E-state index in [1.165, 1.54) is 4.90 Å². The molecular formula is C9H20BNO6S. The van der Waals surface area contributed by atoms with Gasteiger partial charge in [0.05, 0.1) is 0 Å². The molecule has 0 rings (SSSR count). The first kappa shape index (κ1) is 17.7. The zero-order valence-electron chi connectivity index (χ0n) is 10.6. The molecule has 0 amide bonds. The van der Waals surface area contributed by atoms with Gasteiger partial charge in [0.1, 0.15) is 0 Å². The molecule has 0 saturated heterocycles. The molecule has 0 aliphatic carbocycles. The van der Waals surface area contributed by atoms with Crippen molar-refractivity contribution in [2.75, 3.05) is 19.7 Å². The molecule has 0 saturated carbocycles. The van der Waals surface area contributed by atoms with Gasteiger partial charge in [-0.15, -0.1) is 0 Å². The third-order valence-corrected chi connectivity index (χ3v) is 3.67. The Bertz CT molecular complexity index is 347. The van der Waals surface area contributed by atoms with Crippen molar-refractivity contribution >= 4 is 16.1 Å². The summed E-state index contributed by atoms with van der Waals surface area (Å²) in [5.74, 6) is 0.318. The van der Waals surface area contributed by atoms with Gasteiger partial charge < -0.3 is 0 Å². The second-order valence-corrected chi connectivity index (χ2v) is 6.29. The predicted octanol–water partition coefficient (Wildman–Crippen LogP) is -1.66. The van der Waals surface area contributed by atoms with Crippen LogP contribution in [0.5, 0.6) is 0 Å². The van der Waals surface area contributed by atoms with Gasteiger partial charge in [0, 0.05) is 0 Å². The van der Waals surface area contributed by atoms with E-state index in [1.54, 1.807) is 0 Å². The van der Waals surface area contributed by atoms with Gasteiger partial charge in [-0.3, -0.25) is 0 Å². The summed E-state index contributed by atoms with van der Waals surface area (Å²) >= 11 is 0. The second-order valence-electron chi connectivity index (χ2n) is 4.43. The molecule has 0 aromatic rings. The molecule has 7 nitrogen and oxygen atoms in total. The first-order chi connectivity index (χ1) is 8.26. The molecule has 2 unspecified atom stereocenters. The van der Waals surface area contributed by atoms with Crippen LogP contribution in [0.3, 0.4) is 0 Å². The molecule has 0 radical (unpaired) electrons. The molecule has 0 heterocycles. The summed E-state index contributed by atoms with van der Waals surface area (Å²) < 4.78 is 32.5. The van der Waals surface area contributed by atoms with Crippen LogP contribution < -0.4 is 0 Å². The van der Waals surface area contributed by atoms with Crippen LogP contribution in [-0.2, 0) is 14.4 Å². The van der Waals surface area contributed by atoms with Crippen LogP contribution in [0.4, 0.5) is 0 Å². The summed E-state index contributed by atoms with van der Waals surface area (Å²) in [5, 5.41) is 28.0. The van der Waals surface area contributed by atoms with E-state index >= 15 is 0 Å². The number of hydrogen-bond acceptors (Lipinski definition) is 7. The molecule has 3 N–H and O–H groups in total. The fourth-order valence-corrected chi connectivity index (χ4v) is 1.96. The van der Waals surface area contributed by atoms with Crippen molar-refractivity contribution < 1.29 is 28.4 Å². The summed E-state index contributed by atoms with van der Waals surface area (Å²) in [6.45, 7) is 3.93. The standard InChI is InChI=1S/C9H20BNO6S/c1-7(2)3-4-11(5-6-12)8(13)9(14)18(16,17)10-15/h7-9,12-14H,3-6H2,1-2H3. The Morgan fingerprint density at radius 1 is 1.22 bits per heavy atom. The average Bonchev–Trinajstić information content (AvgIpc) is 2.32. The Hall–Kier alpha value is -0.345. The van der Waals surface area contributed by atoms with Crippen molar-refractivity contribution in [2.24, 2.45) is 5.92 Å². The van der Waals surface area contributed by atoms with Crippen LogP contribution in [0.1, 0.15) is 20.3 Å². The van der Waals surface area contributed by atoms with Gasteiger partial charge in [0.25, 0.3) is 0 Å². The molecule has 9 heteroatoms. The van der Waals surface area contributed by atoms with E-state index in [-0.39, 0.29) is 19.6 Å². The van der Waals surface area contributed by atoms with Crippen molar-refractivity contribution in [3.05, 3.63) is 0 Å². The summed E-state index contributed by atoms with van der Waals surface area (Å²) in [6.07, 6.45) is -1.46. The Morgan fingerprint density at radius 2 is 1.78 bits per heavy atom. The number of aliphatic hydroxyl groups is 3. The zero-order chi connectivity index (χ0) is 14.3. The Kier molecular flexibility index (Phi) is 7.80. The molecule has 2 atom stereocenters. The molecule has 0 bridgehead atoms. The van der Waals surface area contributed by atoms with E-state index in [2.05, 4.69) is 0 Å². The SMILES string of the molecule is CC(C)CCN(CCO)C(O)C(O)S(=O)(=O)B=O. The topological polar surface area (TPSA) is 115 Å². The normalized spacial score (nSPS) is 15.7. The van der Waals surface area contributed by atoms with Crippen LogP contribution in [0.2, 0.25) is 0 Å². The fourth-order valence-electron chi connectivity index (χ4n) is 1.34. The van der Waals surface area contributed by atoms with E-state index in [4.69, 9.17) is 5.11 Å². The maximum atomic E-state index is 11.1. The van der Waals surface area contributed by atoms with Crippen molar-refractivity contribution in [1.82, 2.24) is 4.90 Å². The molecule has 106 valence electrons. The number of hydrogen-bond donors (Lipinski definition) is 3. The van der Waals surface area contributed by atoms with Crippen LogP contribution >= 0.6 is 0 Å². The van der Waals surface area contributed by atoms with Crippen molar-refractivity contribution in [3.63, 3.8) is 0 Å². The van der Waals surface area contributed by atoms with Crippen molar-refractivity contribution in [3.8, 4) is 0 Å². The number of nitrogens with zero attached hydrogens (tertiary/aromatic N) is 1. The van der Waals surface area contributed by atoms with E-state index in [9.17, 15) is 23.3 Å². The summed E-state index contributed by atoms with van der Waals surface area (Å²) in [5.41, 5.74) is -2.20. The van der Waals surface area contributed by atoms with Gasteiger partial charge in [-0.25, -0.2) is 0 Å². The van der Waals surface area contributed by atoms with Gasteiger partial charge in [-0.05, 0) is 0 Å². The fraction of sp³-hybridized carbons (Fsp3) is 1.00. The van der Waals surface area contributed by atoms with Gasteiger partial charge in [0.2, 0.25) is 0 Å². The minimum atomic E-state index is -4.40. The van der Waals surface area contributed by atoms with Gasteiger partial charge >= 0.3 is 107 Å². The van der Waals surface area contributed by atoms with Gasteiger partial charge in [-0.2, -0.15) is 0 Å². The maximum absolute atomic E-state index is 11.1. The summed E-state index contributed by atoms with van der Waals surface area (Å²) in [4.78, 5) is 1.23. The van der Waals surface area contributed by atoms with Gasteiger partial charge in [-0.1, -0.05) is 0 Å². The van der Waals surface area contributed by atoms with Crippen LogP contribution in [0, 0.1) is 5.92 Å². The Balaban J connectivity index is 4.74. The van der Waals surface area contributed by atoms with Crippen LogP contribution in [-0.4, -0.2) is 66.4 Å². The molecule has 0 aliphatic heterocycles. The van der Waals surface area contributed by atoms with Crippen LogP contribution in [0.25, 0.3) is 0 Å². The molecule has 0 aromatic heterocycles. The quantitative estimate of drug-likeness (QED) is 0.342. The molecule has 0 fully saturated rings. The third-order valence-electron chi connectivity index (χ3n) is 2.48. The number of rotatable bonds is 9. The predicted molar refractivity (Wildman–Crippen MR) is 65.5 cm³/mol. The first-order valence-corrected chi connectivity index (χ1v) is 7.27. The Labute approximate surface area is 107 Å². The second kappa shape index (κ2) is 7.95.